The lowest BCUT2D eigenvalue weighted by Crippen LogP contribution is -2.41. The number of hydrogen-bond donors (Lipinski definition) is 6. The molecular weight excluding hydrogens is 320 g/mol. The summed E-state index contributed by atoms with van der Waals surface area (Å²) in [5.41, 5.74) is 0. The second-order valence-electron chi connectivity index (χ2n) is 3.27. The number of nitrogens with zero attached hydrogens (tertiary/aromatic N) is 1. The molecule has 0 aliphatic rings. The summed E-state index contributed by atoms with van der Waals surface area (Å²) < 4.78 is 63.7. The van der Waals surface area contributed by atoms with Gasteiger partial charge in [-0.25, -0.2) is 26.8 Å². The van der Waals surface area contributed by atoms with Gasteiger partial charge < -0.3 is 0 Å². The van der Waals surface area contributed by atoms with Gasteiger partial charge in [-0.1, -0.05) is 0 Å². The molecule has 0 aromatic carbocycles. The molecule has 0 aliphatic heterocycles. The van der Waals surface area contributed by atoms with Crippen molar-refractivity contribution in [1.82, 2.24) is 19.1 Å². The molecule has 0 fully saturated rings. The normalized spacial score (nSPS) is 16.4. The minimum Gasteiger partial charge on any atom is -0.299 e. The Morgan fingerprint density at radius 1 is 0.684 bits per heavy atom. The Morgan fingerprint density at radius 3 is 1.16 bits per heavy atom. The van der Waals surface area contributed by atoms with Crippen molar-refractivity contribution in [2.45, 2.75) is 0 Å². The van der Waals surface area contributed by atoms with Gasteiger partial charge in [-0.15, -0.1) is 0 Å². The maximum Gasteiger partial charge on any atom is 0.231 e. The van der Waals surface area contributed by atoms with E-state index in [1.54, 1.807) is 4.90 Å². The summed E-state index contributed by atoms with van der Waals surface area (Å²) in [5.74, 6) is 0. The summed E-state index contributed by atoms with van der Waals surface area (Å²) in [5, 5.41) is 0. The van der Waals surface area contributed by atoms with Gasteiger partial charge in [-0.05, 0) is 0 Å². The molecule has 0 aromatic heterocycles. The van der Waals surface area contributed by atoms with E-state index in [-0.39, 0.29) is 19.6 Å². The Labute approximate surface area is 119 Å². The number of rotatable bonds is 12. The fraction of sp³-hybridized carbons (Fsp3) is 1.00. The Balaban J connectivity index is 3.94. The minimum atomic E-state index is -2.09. The summed E-state index contributed by atoms with van der Waals surface area (Å²) in [6.07, 6.45) is 0. The first-order valence-corrected chi connectivity index (χ1v) is 8.49. The first kappa shape index (κ1) is 19.2. The van der Waals surface area contributed by atoms with Crippen LogP contribution in [0.1, 0.15) is 0 Å². The second-order valence-corrected chi connectivity index (χ2v) is 5.63. The van der Waals surface area contributed by atoms with Crippen LogP contribution in [-0.2, 0) is 33.8 Å². The maximum absolute atomic E-state index is 10.4. The van der Waals surface area contributed by atoms with Crippen LogP contribution < -0.4 is 14.2 Å². The molecule has 3 atom stereocenters. The highest BCUT2D eigenvalue weighted by Crippen LogP contribution is 1.86. The van der Waals surface area contributed by atoms with Gasteiger partial charge in [-0.2, -0.15) is 0 Å². The molecule has 13 heteroatoms. The fourth-order valence-corrected chi connectivity index (χ4v) is 2.01. The largest absolute Gasteiger partial charge is 0.299 e. The average molecular weight is 338 g/mol. The van der Waals surface area contributed by atoms with Crippen molar-refractivity contribution in [3.05, 3.63) is 0 Å². The van der Waals surface area contributed by atoms with Crippen molar-refractivity contribution < 1.29 is 26.3 Å². The standard InChI is InChI=1S/C6H18N4O6S3/c11-17(12)7-1-4-10(5-2-8-18(13)14)6-3-9-19(15)16/h7-9H,1-6H2,(H,11,12)(H,13,14)(H,15,16). The van der Waals surface area contributed by atoms with Crippen LogP contribution in [0.3, 0.4) is 0 Å². The Morgan fingerprint density at radius 2 is 0.947 bits per heavy atom. The van der Waals surface area contributed by atoms with Crippen LogP contribution in [0, 0.1) is 0 Å². The third kappa shape index (κ3) is 14.4. The van der Waals surface area contributed by atoms with Crippen molar-refractivity contribution in [3.8, 4) is 0 Å². The average Bonchev–Trinajstić information content (AvgIpc) is 2.26. The van der Waals surface area contributed by atoms with E-state index in [0.29, 0.717) is 19.6 Å². The van der Waals surface area contributed by atoms with E-state index in [4.69, 9.17) is 13.7 Å². The minimum absolute atomic E-state index is 0.244. The Bertz CT molecular complexity index is 272. The summed E-state index contributed by atoms with van der Waals surface area (Å²) in [7, 11) is 0. The lowest BCUT2D eigenvalue weighted by molar-refractivity contribution is 0.286. The zero-order valence-electron chi connectivity index (χ0n) is 9.98. The summed E-state index contributed by atoms with van der Waals surface area (Å²) in [6, 6.07) is 0. The van der Waals surface area contributed by atoms with Gasteiger partial charge in [0.1, 0.15) is 0 Å². The van der Waals surface area contributed by atoms with Crippen LogP contribution in [0.4, 0.5) is 0 Å². The van der Waals surface area contributed by atoms with Crippen LogP contribution >= 0.6 is 0 Å². The molecule has 3 unspecified atom stereocenters. The molecule has 0 heterocycles. The fourth-order valence-electron chi connectivity index (χ4n) is 1.21. The van der Waals surface area contributed by atoms with Crippen LogP contribution in [0.2, 0.25) is 0 Å². The molecule has 0 spiro atoms. The van der Waals surface area contributed by atoms with E-state index < -0.39 is 33.8 Å². The molecule has 19 heavy (non-hydrogen) atoms. The van der Waals surface area contributed by atoms with Crippen molar-refractivity contribution in [1.29, 1.82) is 0 Å². The molecule has 116 valence electrons. The summed E-state index contributed by atoms with van der Waals surface area (Å²) in [4.78, 5) is 1.79. The third-order valence-corrected chi connectivity index (χ3v) is 3.31. The second kappa shape index (κ2) is 12.0. The SMILES string of the molecule is O=S(O)NCCN(CCNS(=O)O)CCNS(=O)O. The van der Waals surface area contributed by atoms with E-state index >= 15 is 0 Å². The lowest BCUT2D eigenvalue weighted by Gasteiger charge is -2.21. The van der Waals surface area contributed by atoms with Gasteiger partial charge in [0.25, 0.3) is 0 Å². The molecule has 0 saturated carbocycles. The van der Waals surface area contributed by atoms with Gasteiger partial charge in [0.15, 0.2) is 0 Å². The third-order valence-electron chi connectivity index (χ3n) is 1.96. The molecule has 0 rings (SSSR count). The van der Waals surface area contributed by atoms with E-state index in [1.165, 1.54) is 0 Å². The van der Waals surface area contributed by atoms with Gasteiger partial charge >= 0.3 is 0 Å². The Kier molecular flexibility index (Phi) is 12.1. The summed E-state index contributed by atoms with van der Waals surface area (Å²) >= 11 is -6.28. The molecule has 6 N–H and O–H groups in total. The van der Waals surface area contributed by atoms with E-state index in [0.717, 1.165) is 0 Å². The molecule has 0 saturated heterocycles. The zero-order valence-corrected chi connectivity index (χ0v) is 12.4. The molecular formula is C6H18N4O6S3. The first-order valence-electron chi connectivity index (χ1n) is 5.17. The summed E-state index contributed by atoms with van der Waals surface area (Å²) in [6.45, 7) is 1.96. The smallest absolute Gasteiger partial charge is 0.231 e. The van der Waals surface area contributed by atoms with Crippen molar-refractivity contribution >= 4 is 33.8 Å². The van der Waals surface area contributed by atoms with E-state index in [1.807, 2.05) is 0 Å². The quantitative estimate of drug-likeness (QED) is 0.215. The van der Waals surface area contributed by atoms with Crippen LogP contribution in [-0.4, -0.2) is 70.5 Å². The van der Waals surface area contributed by atoms with Gasteiger partial charge in [0.05, 0.1) is 0 Å². The molecule has 0 aliphatic carbocycles. The van der Waals surface area contributed by atoms with E-state index in [9.17, 15) is 12.6 Å². The highest BCUT2D eigenvalue weighted by molar-refractivity contribution is 7.77. The molecule has 0 aromatic rings. The van der Waals surface area contributed by atoms with Crippen molar-refractivity contribution in [3.63, 3.8) is 0 Å². The molecule has 0 bridgehead atoms. The zero-order chi connectivity index (χ0) is 14.7. The lowest BCUT2D eigenvalue weighted by atomic mass is 10.4. The molecule has 10 nitrogen and oxygen atoms in total. The van der Waals surface area contributed by atoms with Gasteiger partial charge in [0.2, 0.25) is 33.8 Å². The first-order chi connectivity index (χ1) is 8.91. The predicted molar refractivity (Wildman–Crippen MR) is 72.8 cm³/mol. The van der Waals surface area contributed by atoms with E-state index in [2.05, 4.69) is 14.2 Å². The monoisotopic (exact) mass is 338 g/mol. The predicted octanol–water partition coefficient (Wildman–Crippen LogP) is -2.53. The Hall–Kier alpha value is 0.170. The highest BCUT2D eigenvalue weighted by atomic mass is 32.2. The topological polar surface area (TPSA) is 151 Å². The highest BCUT2D eigenvalue weighted by Gasteiger charge is 2.06. The number of hydrogen-bond acceptors (Lipinski definition) is 4. The van der Waals surface area contributed by atoms with Crippen LogP contribution in [0.5, 0.6) is 0 Å². The van der Waals surface area contributed by atoms with Gasteiger partial charge in [-0.3, -0.25) is 18.6 Å². The maximum atomic E-state index is 10.4. The van der Waals surface area contributed by atoms with Crippen LogP contribution in [0.15, 0.2) is 0 Å². The van der Waals surface area contributed by atoms with Crippen molar-refractivity contribution in [2.24, 2.45) is 0 Å². The molecule has 0 radical (unpaired) electrons. The molecule has 0 amide bonds. The van der Waals surface area contributed by atoms with Crippen LogP contribution in [0.25, 0.3) is 0 Å². The number of nitrogens with one attached hydrogen (secondary N) is 3. The van der Waals surface area contributed by atoms with Crippen molar-refractivity contribution in [2.75, 3.05) is 39.3 Å². The van der Waals surface area contributed by atoms with Gasteiger partial charge in [0, 0.05) is 39.3 Å².